The molecule has 0 radical (unpaired) electrons. The summed E-state index contributed by atoms with van der Waals surface area (Å²) in [4.78, 5) is 3.54. The molecule has 3 nitrogen and oxygen atoms in total. The van der Waals surface area contributed by atoms with Gasteiger partial charge in [0.1, 0.15) is 24.4 Å². The molecule has 1 aromatic carbocycles. The number of halogens is 6. The molecule has 3 rings (SSSR count). The molecular formula is C22H18F6N2O. The molecule has 0 aromatic heterocycles. The average molecular weight is 440 g/mol. The zero-order valence-corrected chi connectivity index (χ0v) is 16.4. The Kier molecular flexibility index (Phi) is 6.15. The fraction of sp³-hybridized carbons (Fsp3) is 0.227. The van der Waals surface area contributed by atoms with Crippen molar-refractivity contribution in [2.45, 2.75) is 19.3 Å². The molecular weight excluding hydrogens is 422 g/mol. The third-order valence-corrected chi connectivity index (χ3v) is 4.46. The molecule has 1 aliphatic carbocycles. The van der Waals surface area contributed by atoms with Crippen LogP contribution in [0.2, 0.25) is 0 Å². The Morgan fingerprint density at radius 1 is 1.06 bits per heavy atom. The lowest BCUT2D eigenvalue weighted by molar-refractivity contribution is -0.118. The summed E-state index contributed by atoms with van der Waals surface area (Å²) in [5.74, 6) is 0.250. The van der Waals surface area contributed by atoms with Gasteiger partial charge in [-0.25, -0.2) is 0 Å². The number of hydrogen-bond donors (Lipinski definition) is 1. The Hall–Kier alpha value is -3.23. The van der Waals surface area contributed by atoms with Crippen LogP contribution >= 0.6 is 0 Å². The molecule has 2 aliphatic rings. The first kappa shape index (κ1) is 22.5. The van der Waals surface area contributed by atoms with Gasteiger partial charge in [0, 0.05) is 34.3 Å². The molecule has 31 heavy (non-hydrogen) atoms. The van der Waals surface area contributed by atoms with Crippen molar-refractivity contribution >= 4 is 22.2 Å². The Morgan fingerprint density at radius 3 is 2.42 bits per heavy atom. The fourth-order valence-electron chi connectivity index (χ4n) is 3.15. The van der Waals surface area contributed by atoms with Gasteiger partial charge >= 0.3 is 12.4 Å². The zero-order valence-electron chi connectivity index (χ0n) is 16.4. The van der Waals surface area contributed by atoms with Crippen LogP contribution in [0, 0.1) is 0 Å². The number of anilines is 1. The van der Waals surface area contributed by atoms with Crippen molar-refractivity contribution in [3.8, 4) is 11.3 Å². The van der Waals surface area contributed by atoms with Gasteiger partial charge in [-0.2, -0.15) is 26.3 Å². The van der Waals surface area contributed by atoms with Gasteiger partial charge in [0.25, 0.3) is 0 Å². The summed E-state index contributed by atoms with van der Waals surface area (Å²) in [6.45, 7) is 3.03. The van der Waals surface area contributed by atoms with Gasteiger partial charge in [0.2, 0.25) is 0 Å². The quantitative estimate of drug-likeness (QED) is 0.277. The van der Waals surface area contributed by atoms with E-state index in [0.717, 1.165) is 5.57 Å². The standard InChI is InChI=1S/C22H18F6N2O/c1-3-13(4-2)20-16-7-5-14(29-11-21(23,24)25)9-18(16)31-19-10-15(6-8-17(19)20)30-12-22(26,27)28/h3-10,29H,1,11-12H2,2H3/b13-4+,30-15?. The summed E-state index contributed by atoms with van der Waals surface area (Å²) in [6.07, 6.45) is -5.41. The van der Waals surface area contributed by atoms with Gasteiger partial charge < -0.3 is 9.73 Å². The largest absolute Gasteiger partial charge is 0.456 e. The van der Waals surface area contributed by atoms with Gasteiger partial charge in [0.05, 0.1) is 5.36 Å². The zero-order chi connectivity index (χ0) is 22.8. The van der Waals surface area contributed by atoms with Crippen molar-refractivity contribution in [1.82, 2.24) is 0 Å². The summed E-state index contributed by atoms with van der Waals surface area (Å²) < 4.78 is 80.9. The van der Waals surface area contributed by atoms with Crippen LogP contribution in [-0.4, -0.2) is 25.4 Å². The van der Waals surface area contributed by atoms with Gasteiger partial charge in [-0.3, -0.25) is 4.99 Å². The second-order valence-electron chi connectivity index (χ2n) is 6.72. The number of nitrogens with one attached hydrogen (secondary N) is 1. The van der Waals surface area contributed by atoms with Gasteiger partial charge in [-0.05, 0) is 36.8 Å². The Morgan fingerprint density at radius 2 is 1.81 bits per heavy atom. The normalized spacial score (nSPS) is 13.8. The van der Waals surface area contributed by atoms with Crippen LogP contribution in [-0.2, 0) is 0 Å². The number of allylic oxidation sites excluding steroid dienone is 3. The maximum absolute atomic E-state index is 12.5. The second-order valence-corrected chi connectivity index (χ2v) is 6.72. The van der Waals surface area contributed by atoms with E-state index >= 15 is 0 Å². The van der Waals surface area contributed by atoms with E-state index in [1.165, 1.54) is 24.3 Å². The molecule has 0 atom stereocenters. The summed E-state index contributed by atoms with van der Waals surface area (Å²) in [7, 11) is 0. The van der Waals surface area contributed by atoms with Crippen molar-refractivity contribution in [3.05, 3.63) is 66.0 Å². The number of fused-ring (bicyclic) bond motifs is 2. The van der Waals surface area contributed by atoms with Crippen LogP contribution in [0.5, 0.6) is 0 Å². The Balaban J connectivity index is 2.22. The predicted molar refractivity (Wildman–Crippen MR) is 108 cm³/mol. The number of nitrogens with zero attached hydrogens (tertiary/aromatic N) is 1. The molecule has 0 fully saturated rings. The number of alkyl halides is 6. The highest BCUT2D eigenvalue weighted by atomic mass is 19.4. The highest BCUT2D eigenvalue weighted by Crippen LogP contribution is 2.38. The molecule has 0 saturated heterocycles. The van der Waals surface area contributed by atoms with E-state index in [-0.39, 0.29) is 22.4 Å². The molecule has 0 spiro atoms. The number of benzene rings is 2. The molecule has 1 aromatic rings. The van der Waals surface area contributed by atoms with Crippen LogP contribution in [0.25, 0.3) is 27.9 Å². The number of rotatable bonds is 5. The lowest BCUT2D eigenvalue weighted by atomic mass is 9.93. The molecule has 0 unspecified atom stereocenters. The molecule has 0 bridgehead atoms. The molecule has 0 saturated carbocycles. The third kappa shape index (κ3) is 5.48. The fourth-order valence-corrected chi connectivity index (χ4v) is 3.15. The maximum Gasteiger partial charge on any atom is 0.407 e. The van der Waals surface area contributed by atoms with E-state index in [2.05, 4.69) is 16.9 Å². The minimum atomic E-state index is -4.44. The highest BCUT2D eigenvalue weighted by Gasteiger charge is 2.27. The molecule has 1 N–H and O–H groups in total. The minimum Gasteiger partial charge on any atom is -0.456 e. The highest BCUT2D eigenvalue weighted by molar-refractivity contribution is 6.00. The minimum absolute atomic E-state index is 0.0749. The average Bonchev–Trinajstić information content (AvgIpc) is 2.69. The van der Waals surface area contributed by atoms with Crippen LogP contribution in [0.3, 0.4) is 0 Å². The first-order chi connectivity index (χ1) is 14.5. The second kappa shape index (κ2) is 8.49. The SMILES string of the molecule is C=C/C(=C\C)c1c2ccc(=NCC(F)(F)F)cc-2oc2cc(NCC(F)(F)F)ccc12. The Bertz CT molecular complexity index is 1170. The molecule has 164 valence electrons. The van der Waals surface area contributed by atoms with E-state index in [4.69, 9.17) is 4.42 Å². The first-order valence-electron chi connectivity index (χ1n) is 9.18. The summed E-state index contributed by atoms with van der Waals surface area (Å²) in [5, 5.41) is 2.98. The van der Waals surface area contributed by atoms with Gasteiger partial charge in [-0.15, -0.1) is 0 Å². The first-order valence-corrected chi connectivity index (χ1v) is 9.18. The molecule has 9 heteroatoms. The van der Waals surface area contributed by atoms with Crippen LogP contribution in [0.1, 0.15) is 12.5 Å². The monoisotopic (exact) mass is 440 g/mol. The van der Waals surface area contributed by atoms with Crippen molar-refractivity contribution < 1.29 is 30.8 Å². The van der Waals surface area contributed by atoms with Crippen LogP contribution in [0.15, 0.2) is 64.5 Å². The maximum atomic E-state index is 12.5. The van der Waals surface area contributed by atoms with Crippen LogP contribution < -0.4 is 10.7 Å². The van der Waals surface area contributed by atoms with Gasteiger partial charge in [0.15, 0.2) is 0 Å². The summed E-state index contributed by atoms with van der Waals surface area (Å²) in [5.41, 5.74) is 2.52. The summed E-state index contributed by atoms with van der Waals surface area (Å²) >= 11 is 0. The van der Waals surface area contributed by atoms with Crippen LogP contribution in [0.4, 0.5) is 32.0 Å². The van der Waals surface area contributed by atoms with Crippen molar-refractivity contribution in [2.75, 3.05) is 18.4 Å². The smallest absolute Gasteiger partial charge is 0.407 e. The summed E-state index contributed by atoms with van der Waals surface area (Å²) in [6, 6.07) is 8.97. The number of hydrogen-bond acceptors (Lipinski definition) is 3. The van der Waals surface area contributed by atoms with Crippen molar-refractivity contribution in [2.24, 2.45) is 4.99 Å². The van der Waals surface area contributed by atoms with Crippen molar-refractivity contribution in [3.63, 3.8) is 0 Å². The van der Waals surface area contributed by atoms with E-state index in [1.807, 2.05) is 0 Å². The Labute approximate surface area is 173 Å². The predicted octanol–water partition coefficient (Wildman–Crippen LogP) is 6.56. The topological polar surface area (TPSA) is 37.5 Å². The van der Waals surface area contributed by atoms with Crippen molar-refractivity contribution in [1.29, 1.82) is 0 Å². The molecule has 0 amide bonds. The molecule has 1 aliphatic heterocycles. The van der Waals surface area contributed by atoms with Gasteiger partial charge in [-0.1, -0.05) is 18.7 Å². The lowest BCUT2D eigenvalue weighted by Gasteiger charge is -2.17. The lowest BCUT2D eigenvalue weighted by Crippen LogP contribution is -2.21. The van der Waals surface area contributed by atoms with E-state index in [9.17, 15) is 26.3 Å². The van der Waals surface area contributed by atoms with E-state index in [0.29, 0.717) is 16.5 Å². The van der Waals surface area contributed by atoms with E-state index < -0.39 is 25.4 Å². The third-order valence-electron chi connectivity index (χ3n) is 4.46. The van der Waals surface area contributed by atoms with E-state index in [1.54, 1.807) is 31.2 Å². The molecule has 1 heterocycles.